The Hall–Kier alpha value is -2.37. The minimum absolute atomic E-state index is 0. The van der Waals surface area contributed by atoms with Crippen LogP contribution in [-0.2, 0) is 4.79 Å². The average Bonchev–Trinajstić information content (AvgIpc) is 2.55. The summed E-state index contributed by atoms with van der Waals surface area (Å²) in [4.78, 5) is 24.4. The summed E-state index contributed by atoms with van der Waals surface area (Å²) in [5, 5.41) is 5.70. The standard InChI is InChI=1S/C19H23N3O2.ClH/c1-13(20)11-12-18(23)22-17-10-6-9-16(14(17)2)19(24)21-15-7-4-3-5-8-15;/h3-10,13H,11-12,20H2,1-2H3,(H,21,24)(H,22,23);1H. The van der Waals surface area contributed by atoms with E-state index in [0.717, 1.165) is 11.3 Å². The summed E-state index contributed by atoms with van der Waals surface area (Å²) in [6.07, 6.45) is 0.983. The zero-order valence-electron chi connectivity index (χ0n) is 14.4. The largest absolute Gasteiger partial charge is 0.328 e. The van der Waals surface area contributed by atoms with Gasteiger partial charge in [-0.3, -0.25) is 9.59 Å². The fraction of sp³-hybridized carbons (Fsp3) is 0.263. The first kappa shape index (κ1) is 20.7. The zero-order valence-corrected chi connectivity index (χ0v) is 15.2. The molecule has 0 fully saturated rings. The molecule has 0 bridgehead atoms. The number of carbonyl (C=O) groups is 2. The van der Waals surface area contributed by atoms with Crippen LogP contribution in [0.15, 0.2) is 48.5 Å². The van der Waals surface area contributed by atoms with Crippen molar-refractivity contribution in [1.29, 1.82) is 0 Å². The van der Waals surface area contributed by atoms with E-state index < -0.39 is 0 Å². The Morgan fingerprint density at radius 2 is 1.72 bits per heavy atom. The van der Waals surface area contributed by atoms with Crippen molar-refractivity contribution in [3.63, 3.8) is 0 Å². The summed E-state index contributed by atoms with van der Waals surface area (Å²) in [5.74, 6) is -0.304. The monoisotopic (exact) mass is 361 g/mol. The first-order chi connectivity index (χ1) is 11.5. The van der Waals surface area contributed by atoms with Crippen LogP contribution in [0.2, 0.25) is 0 Å². The second-order valence-corrected chi connectivity index (χ2v) is 5.86. The van der Waals surface area contributed by atoms with Crippen LogP contribution >= 0.6 is 12.4 Å². The number of carbonyl (C=O) groups excluding carboxylic acids is 2. The lowest BCUT2D eigenvalue weighted by molar-refractivity contribution is -0.116. The van der Waals surface area contributed by atoms with E-state index in [0.29, 0.717) is 24.1 Å². The second kappa shape index (κ2) is 9.81. The molecule has 1 unspecified atom stereocenters. The van der Waals surface area contributed by atoms with E-state index in [4.69, 9.17) is 5.73 Å². The number of rotatable bonds is 6. The van der Waals surface area contributed by atoms with Crippen molar-refractivity contribution in [2.24, 2.45) is 5.73 Å². The number of nitrogens with one attached hydrogen (secondary N) is 2. The fourth-order valence-corrected chi connectivity index (χ4v) is 2.31. The second-order valence-electron chi connectivity index (χ2n) is 5.86. The molecule has 2 aromatic carbocycles. The molecule has 0 heterocycles. The molecule has 0 aromatic heterocycles. The predicted molar refractivity (Wildman–Crippen MR) is 104 cm³/mol. The Morgan fingerprint density at radius 1 is 1.04 bits per heavy atom. The Labute approximate surface area is 154 Å². The van der Waals surface area contributed by atoms with Crippen LogP contribution < -0.4 is 16.4 Å². The smallest absolute Gasteiger partial charge is 0.256 e. The first-order valence-electron chi connectivity index (χ1n) is 7.99. The highest BCUT2D eigenvalue weighted by molar-refractivity contribution is 6.06. The molecule has 2 aromatic rings. The van der Waals surface area contributed by atoms with Crippen LogP contribution in [0.5, 0.6) is 0 Å². The average molecular weight is 362 g/mol. The van der Waals surface area contributed by atoms with E-state index >= 15 is 0 Å². The lowest BCUT2D eigenvalue weighted by Gasteiger charge is -2.13. The third kappa shape index (κ3) is 6.21. The van der Waals surface area contributed by atoms with Crippen molar-refractivity contribution in [2.45, 2.75) is 32.7 Å². The van der Waals surface area contributed by atoms with E-state index in [2.05, 4.69) is 10.6 Å². The topological polar surface area (TPSA) is 84.2 Å². The van der Waals surface area contributed by atoms with Gasteiger partial charge >= 0.3 is 0 Å². The summed E-state index contributed by atoms with van der Waals surface area (Å²) in [6.45, 7) is 3.69. The van der Waals surface area contributed by atoms with Crippen molar-refractivity contribution in [3.05, 3.63) is 59.7 Å². The van der Waals surface area contributed by atoms with E-state index in [-0.39, 0.29) is 30.3 Å². The van der Waals surface area contributed by atoms with Crippen molar-refractivity contribution in [3.8, 4) is 0 Å². The summed E-state index contributed by atoms with van der Waals surface area (Å²) in [6, 6.07) is 14.5. The van der Waals surface area contributed by atoms with Crippen molar-refractivity contribution in [1.82, 2.24) is 0 Å². The first-order valence-corrected chi connectivity index (χ1v) is 7.99. The summed E-state index contributed by atoms with van der Waals surface area (Å²) < 4.78 is 0. The van der Waals surface area contributed by atoms with Gasteiger partial charge in [0.05, 0.1) is 0 Å². The number of nitrogens with two attached hydrogens (primary N) is 1. The van der Waals surface area contributed by atoms with Gasteiger partial charge in [0.1, 0.15) is 0 Å². The molecule has 1 atom stereocenters. The molecule has 0 spiro atoms. The molecule has 0 aliphatic rings. The highest BCUT2D eigenvalue weighted by atomic mass is 35.5. The molecule has 0 aliphatic heterocycles. The van der Waals surface area contributed by atoms with Crippen LogP contribution in [0, 0.1) is 6.92 Å². The van der Waals surface area contributed by atoms with Gasteiger partial charge in [-0.2, -0.15) is 0 Å². The quantitative estimate of drug-likeness (QED) is 0.732. The van der Waals surface area contributed by atoms with Gasteiger partial charge in [0.2, 0.25) is 5.91 Å². The van der Waals surface area contributed by atoms with Crippen LogP contribution in [0.1, 0.15) is 35.7 Å². The molecule has 6 heteroatoms. The van der Waals surface area contributed by atoms with Crippen LogP contribution in [0.25, 0.3) is 0 Å². The maximum Gasteiger partial charge on any atom is 0.256 e. The van der Waals surface area contributed by atoms with Gasteiger partial charge in [-0.1, -0.05) is 24.3 Å². The maximum atomic E-state index is 12.4. The van der Waals surface area contributed by atoms with Crippen LogP contribution in [0.4, 0.5) is 11.4 Å². The molecule has 2 amide bonds. The van der Waals surface area contributed by atoms with E-state index in [9.17, 15) is 9.59 Å². The maximum absolute atomic E-state index is 12.4. The minimum atomic E-state index is -0.203. The number of benzene rings is 2. The van der Waals surface area contributed by atoms with E-state index in [1.54, 1.807) is 18.2 Å². The van der Waals surface area contributed by atoms with Gasteiger partial charge in [0, 0.05) is 29.4 Å². The highest BCUT2D eigenvalue weighted by Crippen LogP contribution is 2.20. The van der Waals surface area contributed by atoms with Crippen LogP contribution in [-0.4, -0.2) is 17.9 Å². The van der Waals surface area contributed by atoms with Gasteiger partial charge in [-0.05, 0) is 50.1 Å². The normalized spacial score (nSPS) is 11.2. The van der Waals surface area contributed by atoms with E-state index in [1.807, 2.05) is 44.2 Å². The Balaban J connectivity index is 0.00000312. The molecule has 0 saturated heterocycles. The van der Waals surface area contributed by atoms with Gasteiger partial charge < -0.3 is 16.4 Å². The molecular weight excluding hydrogens is 338 g/mol. The lowest BCUT2D eigenvalue weighted by atomic mass is 10.1. The van der Waals surface area contributed by atoms with Gasteiger partial charge in [-0.15, -0.1) is 12.4 Å². The minimum Gasteiger partial charge on any atom is -0.328 e. The molecule has 4 N–H and O–H groups in total. The fourth-order valence-electron chi connectivity index (χ4n) is 2.31. The highest BCUT2D eigenvalue weighted by Gasteiger charge is 2.13. The Morgan fingerprint density at radius 3 is 2.36 bits per heavy atom. The number of para-hydroxylation sites is 1. The summed E-state index contributed by atoms with van der Waals surface area (Å²) in [7, 11) is 0. The van der Waals surface area contributed by atoms with E-state index in [1.165, 1.54) is 0 Å². The van der Waals surface area contributed by atoms with Crippen molar-refractivity contribution in [2.75, 3.05) is 10.6 Å². The lowest BCUT2D eigenvalue weighted by Crippen LogP contribution is -2.20. The Bertz CT molecular complexity index is 718. The van der Waals surface area contributed by atoms with Gasteiger partial charge in [-0.25, -0.2) is 0 Å². The Kier molecular flexibility index (Phi) is 8.11. The number of hydrogen-bond donors (Lipinski definition) is 3. The molecule has 0 aliphatic carbocycles. The van der Waals surface area contributed by atoms with Gasteiger partial charge in [0.15, 0.2) is 0 Å². The third-order valence-electron chi connectivity index (χ3n) is 3.71. The number of halogens is 1. The number of amides is 2. The SMILES string of the molecule is Cc1c(NC(=O)CCC(C)N)cccc1C(=O)Nc1ccccc1.Cl. The molecule has 2 rings (SSSR count). The molecule has 0 saturated carbocycles. The third-order valence-corrected chi connectivity index (χ3v) is 3.71. The molecule has 5 nitrogen and oxygen atoms in total. The molecular formula is C19H24ClN3O2. The summed E-state index contributed by atoms with van der Waals surface area (Å²) >= 11 is 0. The molecule has 25 heavy (non-hydrogen) atoms. The molecule has 134 valence electrons. The number of hydrogen-bond acceptors (Lipinski definition) is 3. The predicted octanol–water partition coefficient (Wildman–Crippen LogP) is 3.74. The van der Waals surface area contributed by atoms with Crippen LogP contribution in [0.3, 0.4) is 0 Å². The van der Waals surface area contributed by atoms with Gasteiger partial charge in [0.25, 0.3) is 5.91 Å². The summed E-state index contributed by atoms with van der Waals surface area (Å²) in [5.41, 5.74) is 8.31. The molecule has 0 radical (unpaired) electrons. The van der Waals surface area contributed by atoms with Crippen molar-refractivity contribution < 1.29 is 9.59 Å². The zero-order chi connectivity index (χ0) is 17.5. The van der Waals surface area contributed by atoms with Crippen molar-refractivity contribution >= 4 is 35.6 Å². The number of anilines is 2.